The van der Waals surface area contributed by atoms with Crippen LogP contribution in [0.15, 0.2) is 42.7 Å². The molecule has 0 bridgehead atoms. The van der Waals surface area contributed by atoms with Crippen LogP contribution in [0.2, 0.25) is 0 Å². The van der Waals surface area contributed by atoms with Gasteiger partial charge in [-0.2, -0.15) is 9.61 Å². The largest absolute Gasteiger partial charge is 0.363 e. The summed E-state index contributed by atoms with van der Waals surface area (Å²) in [5.41, 5.74) is 2.77. The SMILES string of the molecule is Cc1c(F)ccc2cc(C(C)Nc3ccnc4ccnn34)c(N3CCNC(=O)C3)nc12. The third-order valence-corrected chi connectivity index (χ3v) is 5.64. The molecule has 0 aliphatic carbocycles. The first-order chi connectivity index (χ1) is 15.0. The second kappa shape index (κ2) is 7.50. The number of fused-ring (bicyclic) bond motifs is 2. The van der Waals surface area contributed by atoms with Crippen LogP contribution in [0.4, 0.5) is 16.0 Å². The van der Waals surface area contributed by atoms with Crippen LogP contribution in [0.25, 0.3) is 16.6 Å². The molecule has 3 aromatic heterocycles. The second-order valence-electron chi connectivity index (χ2n) is 7.71. The Bertz CT molecular complexity index is 1300. The van der Waals surface area contributed by atoms with Crippen molar-refractivity contribution in [3.05, 3.63) is 59.7 Å². The van der Waals surface area contributed by atoms with E-state index in [1.165, 1.54) is 6.07 Å². The van der Waals surface area contributed by atoms with E-state index in [0.29, 0.717) is 30.0 Å². The summed E-state index contributed by atoms with van der Waals surface area (Å²) in [5, 5.41) is 11.5. The zero-order valence-electron chi connectivity index (χ0n) is 17.3. The first kappa shape index (κ1) is 19.2. The number of nitrogens with one attached hydrogen (secondary N) is 2. The van der Waals surface area contributed by atoms with Crippen molar-refractivity contribution in [3.8, 4) is 0 Å². The van der Waals surface area contributed by atoms with E-state index < -0.39 is 0 Å². The van der Waals surface area contributed by atoms with Gasteiger partial charge in [-0.1, -0.05) is 0 Å². The Morgan fingerprint density at radius 1 is 1.23 bits per heavy atom. The van der Waals surface area contributed by atoms with Crippen molar-refractivity contribution in [2.24, 2.45) is 0 Å². The number of piperazine rings is 1. The van der Waals surface area contributed by atoms with Crippen molar-refractivity contribution >= 4 is 34.1 Å². The van der Waals surface area contributed by atoms with Gasteiger partial charge in [0.05, 0.1) is 24.3 Å². The van der Waals surface area contributed by atoms with Crippen LogP contribution in [0.5, 0.6) is 0 Å². The van der Waals surface area contributed by atoms with Crippen molar-refractivity contribution in [1.29, 1.82) is 0 Å². The molecule has 1 aliphatic rings. The fourth-order valence-electron chi connectivity index (χ4n) is 4.00. The molecule has 1 aromatic carbocycles. The summed E-state index contributed by atoms with van der Waals surface area (Å²) in [6, 6.07) is 8.77. The van der Waals surface area contributed by atoms with Crippen molar-refractivity contribution in [2.45, 2.75) is 19.9 Å². The van der Waals surface area contributed by atoms with E-state index in [9.17, 15) is 9.18 Å². The van der Waals surface area contributed by atoms with Gasteiger partial charge in [-0.15, -0.1) is 0 Å². The van der Waals surface area contributed by atoms with E-state index in [0.717, 1.165) is 22.4 Å². The van der Waals surface area contributed by atoms with Crippen LogP contribution >= 0.6 is 0 Å². The van der Waals surface area contributed by atoms with Crippen molar-refractivity contribution in [1.82, 2.24) is 24.9 Å². The zero-order valence-corrected chi connectivity index (χ0v) is 17.3. The maximum atomic E-state index is 14.2. The summed E-state index contributed by atoms with van der Waals surface area (Å²) in [6.45, 7) is 5.15. The van der Waals surface area contributed by atoms with Gasteiger partial charge in [0.25, 0.3) is 0 Å². The molecule has 1 saturated heterocycles. The lowest BCUT2D eigenvalue weighted by atomic mass is 10.0. The number of anilines is 2. The first-order valence-electron chi connectivity index (χ1n) is 10.2. The fourth-order valence-corrected chi connectivity index (χ4v) is 4.00. The monoisotopic (exact) mass is 419 g/mol. The summed E-state index contributed by atoms with van der Waals surface area (Å²) in [5.74, 6) is 1.13. The summed E-state index contributed by atoms with van der Waals surface area (Å²) in [4.78, 5) is 23.1. The van der Waals surface area contributed by atoms with E-state index in [2.05, 4.69) is 20.7 Å². The first-order valence-corrected chi connectivity index (χ1v) is 10.2. The quantitative estimate of drug-likeness (QED) is 0.529. The van der Waals surface area contributed by atoms with Crippen LogP contribution in [-0.4, -0.2) is 45.1 Å². The molecule has 5 rings (SSSR count). The molecule has 4 heterocycles. The maximum Gasteiger partial charge on any atom is 0.239 e. The summed E-state index contributed by atoms with van der Waals surface area (Å²) >= 11 is 0. The molecule has 1 atom stereocenters. The van der Waals surface area contributed by atoms with E-state index in [1.54, 1.807) is 29.9 Å². The predicted octanol–water partition coefficient (Wildman–Crippen LogP) is 2.83. The number of benzene rings is 1. The number of amides is 1. The van der Waals surface area contributed by atoms with Gasteiger partial charge < -0.3 is 15.5 Å². The molecule has 0 saturated carbocycles. The number of rotatable bonds is 4. The average Bonchev–Trinajstić information content (AvgIpc) is 3.26. The summed E-state index contributed by atoms with van der Waals surface area (Å²) in [7, 11) is 0. The second-order valence-corrected chi connectivity index (χ2v) is 7.71. The minimum absolute atomic E-state index is 0.0527. The highest BCUT2D eigenvalue weighted by Crippen LogP contribution is 2.32. The Morgan fingerprint density at radius 2 is 2.10 bits per heavy atom. The highest BCUT2D eigenvalue weighted by molar-refractivity contribution is 5.87. The minimum atomic E-state index is -0.292. The maximum absolute atomic E-state index is 14.2. The van der Waals surface area contributed by atoms with Crippen LogP contribution in [0, 0.1) is 12.7 Å². The van der Waals surface area contributed by atoms with Crippen molar-refractivity contribution < 1.29 is 9.18 Å². The third kappa shape index (κ3) is 3.41. The highest BCUT2D eigenvalue weighted by Gasteiger charge is 2.24. The van der Waals surface area contributed by atoms with Crippen molar-refractivity contribution in [2.75, 3.05) is 29.9 Å². The topological polar surface area (TPSA) is 87.5 Å². The number of hydrogen-bond acceptors (Lipinski definition) is 6. The lowest BCUT2D eigenvalue weighted by molar-refractivity contribution is -0.120. The fraction of sp³-hybridized carbons (Fsp3) is 0.273. The van der Waals surface area contributed by atoms with Crippen LogP contribution in [-0.2, 0) is 4.79 Å². The van der Waals surface area contributed by atoms with E-state index in [4.69, 9.17) is 4.98 Å². The average molecular weight is 419 g/mol. The van der Waals surface area contributed by atoms with E-state index in [-0.39, 0.29) is 24.3 Å². The Balaban J connectivity index is 1.61. The third-order valence-electron chi connectivity index (χ3n) is 5.64. The van der Waals surface area contributed by atoms with Gasteiger partial charge in [-0.3, -0.25) is 4.79 Å². The van der Waals surface area contributed by atoms with Crippen molar-refractivity contribution in [3.63, 3.8) is 0 Å². The minimum Gasteiger partial charge on any atom is -0.363 e. The van der Waals surface area contributed by atoms with E-state index >= 15 is 0 Å². The molecule has 31 heavy (non-hydrogen) atoms. The van der Waals surface area contributed by atoms with Gasteiger partial charge in [0.2, 0.25) is 5.91 Å². The molecular weight excluding hydrogens is 397 g/mol. The molecule has 8 nitrogen and oxygen atoms in total. The number of aromatic nitrogens is 4. The predicted molar refractivity (Wildman–Crippen MR) is 117 cm³/mol. The molecule has 1 unspecified atom stereocenters. The zero-order chi connectivity index (χ0) is 21.5. The van der Waals surface area contributed by atoms with Gasteiger partial charge in [0.15, 0.2) is 5.65 Å². The Morgan fingerprint density at radius 3 is 2.94 bits per heavy atom. The lowest BCUT2D eigenvalue weighted by Crippen LogP contribution is -2.48. The number of carbonyl (C=O) groups excluding carboxylic acids is 1. The van der Waals surface area contributed by atoms with E-state index in [1.807, 2.05) is 30.0 Å². The lowest BCUT2D eigenvalue weighted by Gasteiger charge is -2.31. The van der Waals surface area contributed by atoms with Gasteiger partial charge in [0.1, 0.15) is 17.5 Å². The van der Waals surface area contributed by atoms with Gasteiger partial charge in [-0.25, -0.2) is 14.4 Å². The number of pyridine rings is 1. The molecule has 1 fully saturated rings. The van der Waals surface area contributed by atoms with Gasteiger partial charge >= 0.3 is 0 Å². The molecule has 0 radical (unpaired) electrons. The Hall–Kier alpha value is -3.75. The van der Waals surface area contributed by atoms with Crippen LogP contribution in [0.3, 0.4) is 0 Å². The number of halogens is 1. The van der Waals surface area contributed by atoms with Gasteiger partial charge in [-0.05, 0) is 38.1 Å². The standard InChI is InChI=1S/C22H22FN7O/c1-13-17(23)4-3-15-11-16(22(28-21(13)15)29-10-9-25-20(31)12-29)14(2)27-19-5-7-24-18-6-8-26-30(18)19/h3-8,11,14,27H,9-10,12H2,1-2H3,(H,25,31). The molecular formula is C22H22FN7O. The number of carbonyl (C=O) groups is 1. The Labute approximate surface area is 178 Å². The smallest absolute Gasteiger partial charge is 0.239 e. The highest BCUT2D eigenvalue weighted by atomic mass is 19.1. The summed E-state index contributed by atoms with van der Waals surface area (Å²) < 4.78 is 15.9. The van der Waals surface area contributed by atoms with Gasteiger partial charge in [0, 0.05) is 41.9 Å². The molecule has 1 aliphatic heterocycles. The number of nitrogens with zero attached hydrogens (tertiary/aromatic N) is 5. The summed E-state index contributed by atoms with van der Waals surface area (Å²) in [6.07, 6.45) is 3.43. The molecule has 9 heteroatoms. The molecule has 0 spiro atoms. The Kier molecular flexibility index (Phi) is 4.65. The number of aryl methyl sites for hydroxylation is 1. The molecule has 1 amide bonds. The van der Waals surface area contributed by atoms with Crippen LogP contribution in [0.1, 0.15) is 24.1 Å². The number of hydrogen-bond donors (Lipinski definition) is 2. The van der Waals surface area contributed by atoms with Crippen LogP contribution < -0.4 is 15.5 Å². The molecule has 4 aromatic rings. The molecule has 158 valence electrons. The molecule has 2 N–H and O–H groups in total. The normalized spacial score (nSPS) is 15.3.